The molecule has 3 aromatic carbocycles. The molecule has 1 saturated heterocycles. The van der Waals surface area contributed by atoms with Crippen LogP contribution in [0.4, 0.5) is 4.79 Å². The fourth-order valence-corrected chi connectivity index (χ4v) is 7.80. The summed E-state index contributed by atoms with van der Waals surface area (Å²) in [7, 11) is 1.54. The van der Waals surface area contributed by atoms with E-state index in [1.54, 1.807) is 32.0 Å². The van der Waals surface area contributed by atoms with Gasteiger partial charge in [-0.05, 0) is 94.0 Å². The number of rotatable bonds is 16. The largest absolute Gasteiger partial charge is 0.496 e. The molecule has 0 radical (unpaired) electrons. The van der Waals surface area contributed by atoms with Crippen molar-refractivity contribution < 1.29 is 38.2 Å². The van der Waals surface area contributed by atoms with Crippen LogP contribution in [-0.4, -0.2) is 86.2 Å². The summed E-state index contributed by atoms with van der Waals surface area (Å²) in [6, 6.07) is 23.3. The van der Waals surface area contributed by atoms with Crippen LogP contribution < -0.4 is 20.7 Å². The third kappa shape index (κ3) is 11.7. The number of benzene rings is 3. The van der Waals surface area contributed by atoms with Gasteiger partial charge in [0.2, 0.25) is 11.8 Å². The molecule has 0 bridgehead atoms. The lowest BCUT2D eigenvalue weighted by atomic mass is 9.62. The van der Waals surface area contributed by atoms with E-state index in [9.17, 15) is 24.0 Å². The summed E-state index contributed by atoms with van der Waals surface area (Å²) in [6.45, 7) is 7.05. The maximum Gasteiger partial charge on any atom is 0.407 e. The Morgan fingerprint density at radius 1 is 0.862 bits per heavy atom. The fraction of sp³-hybridized carbons (Fsp3) is 0.477. The van der Waals surface area contributed by atoms with Gasteiger partial charge in [0.05, 0.1) is 36.7 Å². The number of para-hydroxylation sites is 1. The van der Waals surface area contributed by atoms with E-state index in [-0.39, 0.29) is 63.5 Å². The second-order valence-electron chi connectivity index (χ2n) is 14.8. The van der Waals surface area contributed by atoms with Crippen molar-refractivity contribution in [1.82, 2.24) is 20.9 Å². The van der Waals surface area contributed by atoms with Crippen LogP contribution in [0.1, 0.15) is 105 Å². The number of unbranched alkanes of at least 4 members (excludes halogenated alkanes) is 1. The summed E-state index contributed by atoms with van der Waals surface area (Å²) in [5.74, 6) is -0.987. The molecule has 4 amide bonds. The van der Waals surface area contributed by atoms with Crippen molar-refractivity contribution in [3.8, 4) is 5.75 Å². The minimum absolute atomic E-state index is 0. The Morgan fingerprint density at radius 2 is 1.53 bits per heavy atom. The van der Waals surface area contributed by atoms with Crippen LogP contribution in [0.25, 0.3) is 0 Å². The zero-order valence-electron chi connectivity index (χ0n) is 34.0. The molecule has 0 spiro atoms. The van der Waals surface area contributed by atoms with Crippen LogP contribution in [0.2, 0.25) is 0 Å². The average Bonchev–Trinajstić information content (AvgIpc) is 3.21. The first-order valence-corrected chi connectivity index (χ1v) is 19.9. The third-order valence-electron chi connectivity index (χ3n) is 10.6. The first kappa shape index (κ1) is 47.7. The number of amides is 4. The number of hydrogen-bond acceptors (Lipinski definition) is 8. The second-order valence-corrected chi connectivity index (χ2v) is 14.8. The quantitative estimate of drug-likeness (QED) is 0.113. The van der Waals surface area contributed by atoms with Gasteiger partial charge >= 0.3 is 12.1 Å². The molecule has 1 aliphatic carbocycles. The third-order valence-corrected chi connectivity index (χ3v) is 10.6. The lowest BCUT2D eigenvalue weighted by Gasteiger charge is -2.43. The molecule has 0 unspecified atom stereocenters. The molecule has 3 aromatic rings. The van der Waals surface area contributed by atoms with Crippen LogP contribution in [0, 0.1) is 0 Å². The number of esters is 1. The van der Waals surface area contributed by atoms with Crippen LogP contribution in [0.15, 0.2) is 78.9 Å². The highest BCUT2D eigenvalue weighted by Crippen LogP contribution is 2.48. The monoisotopic (exact) mass is 836 g/mol. The average molecular weight is 837 g/mol. The van der Waals surface area contributed by atoms with E-state index >= 15 is 0 Å². The van der Waals surface area contributed by atoms with Crippen molar-refractivity contribution in [2.24, 2.45) is 0 Å². The Labute approximate surface area is 356 Å². The lowest BCUT2D eigenvalue weighted by molar-refractivity contribution is -0.148. The van der Waals surface area contributed by atoms with Gasteiger partial charge in [0.25, 0.3) is 5.91 Å². The summed E-state index contributed by atoms with van der Waals surface area (Å²) in [5, 5.41) is 8.92. The van der Waals surface area contributed by atoms with E-state index in [1.165, 1.54) is 7.11 Å². The minimum atomic E-state index is -1.17. The Bertz CT molecular complexity index is 1820. The number of nitrogens with zero attached hydrogens (tertiary/aromatic N) is 1. The molecule has 3 N–H and O–H groups in total. The van der Waals surface area contributed by atoms with Gasteiger partial charge in [0.1, 0.15) is 11.8 Å². The maximum absolute atomic E-state index is 14.9. The van der Waals surface area contributed by atoms with Gasteiger partial charge in [-0.25, -0.2) is 9.59 Å². The molecule has 12 nitrogen and oxygen atoms in total. The number of nitrogens with one attached hydrogen (secondary N) is 3. The Kier molecular flexibility index (Phi) is 18.9. The van der Waals surface area contributed by atoms with Crippen molar-refractivity contribution in [3.05, 3.63) is 101 Å². The predicted molar refractivity (Wildman–Crippen MR) is 233 cm³/mol. The number of piperidine rings is 1. The SMILES string of the molecule is CCCOC(=O)[C@H](CCCCNC(=O)OC(C)C)NC(=O)[C@@]1(c2ccccc2)CC[C@H](C(=O)N2CCC(NC(=O)c3ccccc3OC)CC2)c2ccccc21.S.S. The van der Waals surface area contributed by atoms with Gasteiger partial charge < -0.3 is 35.1 Å². The van der Waals surface area contributed by atoms with Gasteiger partial charge in [0.15, 0.2) is 0 Å². The topological polar surface area (TPSA) is 152 Å². The first-order valence-electron chi connectivity index (χ1n) is 19.9. The highest BCUT2D eigenvalue weighted by molar-refractivity contribution is 7.59. The molecule has 3 atom stereocenters. The van der Waals surface area contributed by atoms with Crippen LogP contribution >= 0.6 is 27.0 Å². The van der Waals surface area contributed by atoms with E-state index in [0.29, 0.717) is 82.3 Å². The molecular formula is C44H60N4O8S2. The predicted octanol–water partition coefficient (Wildman–Crippen LogP) is 6.25. The van der Waals surface area contributed by atoms with Gasteiger partial charge in [-0.1, -0.05) is 73.7 Å². The summed E-state index contributed by atoms with van der Waals surface area (Å²) in [4.78, 5) is 69.5. The van der Waals surface area contributed by atoms with E-state index in [0.717, 1.165) is 16.7 Å². The van der Waals surface area contributed by atoms with E-state index < -0.39 is 29.4 Å². The van der Waals surface area contributed by atoms with Gasteiger partial charge in [0, 0.05) is 25.7 Å². The second kappa shape index (κ2) is 23.0. The first-order chi connectivity index (χ1) is 27.1. The van der Waals surface area contributed by atoms with Gasteiger partial charge in [-0.15, -0.1) is 0 Å². The molecular weight excluding hydrogens is 777 g/mol. The summed E-state index contributed by atoms with van der Waals surface area (Å²) in [5.41, 5.74) is 1.60. The molecule has 1 aliphatic heterocycles. The molecule has 1 fully saturated rings. The Hall–Kier alpha value is -4.69. The molecule has 5 rings (SSSR count). The summed E-state index contributed by atoms with van der Waals surface area (Å²) < 4.78 is 16.0. The lowest BCUT2D eigenvalue weighted by Crippen LogP contribution is -2.54. The van der Waals surface area contributed by atoms with Gasteiger partial charge in [-0.3, -0.25) is 14.4 Å². The molecule has 58 heavy (non-hydrogen) atoms. The standard InChI is InChI=1S/C44H56N4O8.2H2S/c1-5-29-55-41(51)37(20-13-14-26-45-43(53)56-30(2)3)47-42(52)44(31-15-7-6-8-16-31)25-22-34(33-17-9-11-19-36(33)44)40(50)48-27-23-32(24-28-48)46-39(49)35-18-10-12-21-38(35)54-4;;/h6-12,15-19,21,30,32,34,37H,5,13-14,20,22-29H2,1-4H3,(H,45,53)(H,46,49)(H,47,52);2*1H2/t34-,37-,44+;;/m0../s1. The number of methoxy groups -OCH3 is 1. The molecule has 316 valence electrons. The molecule has 14 heteroatoms. The normalized spacial score (nSPS) is 17.9. The number of carbonyl (C=O) groups excluding carboxylic acids is 5. The van der Waals surface area contributed by atoms with Crippen molar-refractivity contribution >= 4 is 56.8 Å². The maximum atomic E-state index is 14.9. The summed E-state index contributed by atoms with van der Waals surface area (Å²) >= 11 is 0. The number of ether oxygens (including phenoxy) is 3. The number of likely N-dealkylation sites (tertiary alicyclic amines) is 1. The Balaban J connectivity index is 0.00000450. The zero-order chi connectivity index (χ0) is 40.1. The van der Waals surface area contributed by atoms with E-state index in [4.69, 9.17) is 14.2 Å². The van der Waals surface area contributed by atoms with Crippen LogP contribution in [0.5, 0.6) is 5.75 Å². The highest BCUT2D eigenvalue weighted by Gasteiger charge is 2.49. The van der Waals surface area contributed by atoms with Crippen molar-refractivity contribution in [2.75, 3.05) is 33.4 Å². The number of fused-ring (bicyclic) bond motifs is 1. The van der Waals surface area contributed by atoms with Crippen molar-refractivity contribution in [1.29, 1.82) is 0 Å². The van der Waals surface area contributed by atoms with E-state index in [1.807, 2.05) is 72.5 Å². The number of carbonyl (C=O) groups is 5. The fourth-order valence-electron chi connectivity index (χ4n) is 7.80. The van der Waals surface area contributed by atoms with Gasteiger partial charge in [-0.2, -0.15) is 27.0 Å². The minimum Gasteiger partial charge on any atom is -0.496 e. The van der Waals surface area contributed by atoms with Crippen molar-refractivity contribution in [2.45, 2.75) is 102 Å². The van der Waals surface area contributed by atoms with Crippen LogP contribution in [0.3, 0.4) is 0 Å². The smallest absolute Gasteiger partial charge is 0.407 e. The molecule has 0 aromatic heterocycles. The molecule has 1 heterocycles. The van der Waals surface area contributed by atoms with Crippen molar-refractivity contribution in [3.63, 3.8) is 0 Å². The molecule has 0 saturated carbocycles. The Morgan fingerprint density at radius 3 is 2.22 bits per heavy atom. The highest BCUT2D eigenvalue weighted by atomic mass is 32.1. The summed E-state index contributed by atoms with van der Waals surface area (Å²) in [6.07, 6.45) is 3.34. The number of alkyl carbamates (subject to hydrolysis) is 1. The van der Waals surface area contributed by atoms with E-state index in [2.05, 4.69) is 16.0 Å². The van der Waals surface area contributed by atoms with Crippen LogP contribution in [-0.2, 0) is 29.3 Å². The number of hydrogen-bond donors (Lipinski definition) is 3. The molecule has 2 aliphatic rings. The zero-order valence-corrected chi connectivity index (χ0v) is 36.0.